The molecule has 3 heteroatoms. The SMILES string of the molecule is COc1ccc2[nH]c3nc4ccc(C)cc4c(C)c3c2c1. The number of aromatic amines is 1. The van der Waals surface area contributed by atoms with Crippen LogP contribution < -0.4 is 4.74 Å². The smallest absolute Gasteiger partial charge is 0.139 e. The van der Waals surface area contributed by atoms with E-state index in [9.17, 15) is 0 Å². The molecule has 0 amide bonds. The largest absolute Gasteiger partial charge is 0.497 e. The Labute approximate surface area is 122 Å². The Morgan fingerprint density at radius 2 is 1.86 bits per heavy atom. The first kappa shape index (κ1) is 12.2. The molecule has 0 radical (unpaired) electrons. The van der Waals surface area contributed by atoms with Crippen molar-refractivity contribution in [2.24, 2.45) is 0 Å². The van der Waals surface area contributed by atoms with E-state index in [1.807, 2.05) is 12.1 Å². The third-order valence-electron chi connectivity index (χ3n) is 4.15. The number of methoxy groups -OCH3 is 1. The monoisotopic (exact) mass is 276 g/mol. The molecule has 0 aliphatic carbocycles. The number of nitrogens with zero attached hydrogens (tertiary/aromatic N) is 1. The molecule has 4 rings (SSSR count). The minimum atomic E-state index is 0.868. The van der Waals surface area contributed by atoms with Crippen molar-refractivity contribution in [1.82, 2.24) is 9.97 Å². The lowest BCUT2D eigenvalue weighted by atomic mass is 10.0. The summed E-state index contributed by atoms with van der Waals surface area (Å²) in [6.07, 6.45) is 0. The van der Waals surface area contributed by atoms with Gasteiger partial charge in [0.15, 0.2) is 0 Å². The van der Waals surface area contributed by atoms with Gasteiger partial charge in [-0.25, -0.2) is 4.98 Å². The van der Waals surface area contributed by atoms with Gasteiger partial charge in [-0.05, 0) is 49.7 Å². The van der Waals surface area contributed by atoms with E-state index >= 15 is 0 Å². The van der Waals surface area contributed by atoms with Gasteiger partial charge in [-0.15, -0.1) is 0 Å². The van der Waals surface area contributed by atoms with Crippen LogP contribution in [0.3, 0.4) is 0 Å². The van der Waals surface area contributed by atoms with Crippen LogP contribution in [0.5, 0.6) is 5.75 Å². The number of fused-ring (bicyclic) bond motifs is 4. The van der Waals surface area contributed by atoms with Crippen LogP contribution in [0.25, 0.3) is 32.8 Å². The molecular formula is C18H16N2O. The van der Waals surface area contributed by atoms with Crippen molar-refractivity contribution >= 4 is 32.8 Å². The highest BCUT2D eigenvalue weighted by Gasteiger charge is 2.12. The Morgan fingerprint density at radius 1 is 1.00 bits per heavy atom. The van der Waals surface area contributed by atoms with Gasteiger partial charge < -0.3 is 9.72 Å². The molecular weight excluding hydrogens is 260 g/mol. The normalized spacial score (nSPS) is 11.6. The summed E-state index contributed by atoms with van der Waals surface area (Å²) in [5.74, 6) is 0.868. The number of benzene rings is 2. The van der Waals surface area contributed by atoms with E-state index in [-0.39, 0.29) is 0 Å². The maximum Gasteiger partial charge on any atom is 0.139 e. The van der Waals surface area contributed by atoms with Gasteiger partial charge in [-0.2, -0.15) is 0 Å². The lowest BCUT2D eigenvalue weighted by Crippen LogP contribution is -1.87. The number of H-pyrrole nitrogens is 1. The highest BCUT2D eigenvalue weighted by Crippen LogP contribution is 2.33. The molecule has 0 bridgehead atoms. The molecule has 4 aromatic rings. The first-order chi connectivity index (χ1) is 10.2. The predicted molar refractivity (Wildman–Crippen MR) is 87.1 cm³/mol. The molecule has 0 fully saturated rings. The lowest BCUT2D eigenvalue weighted by molar-refractivity contribution is 0.415. The summed E-state index contributed by atoms with van der Waals surface area (Å²) in [6, 6.07) is 12.5. The maximum absolute atomic E-state index is 5.35. The van der Waals surface area contributed by atoms with Crippen LogP contribution in [0.1, 0.15) is 11.1 Å². The highest BCUT2D eigenvalue weighted by atomic mass is 16.5. The van der Waals surface area contributed by atoms with Crippen molar-refractivity contribution in [2.45, 2.75) is 13.8 Å². The second-order valence-electron chi connectivity index (χ2n) is 5.52. The minimum absolute atomic E-state index is 0.868. The van der Waals surface area contributed by atoms with Gasteiger partial charge in [0.1, 0.15) is 11.4 Å². The van der Waals surface area contributed by atoms with E-state index < -0.39 is 0 Å². The number of hydrogen-bond acceptors (Lipinski definition) is 2. The lowest BCUT2D eigenvalue weighted by Gasteiger charge is -2.05. The van der Waals surface area contributed by atoms with Gasteiger partial charge in [0.2, 0.25) is 0 Å². The number of pyridine rings is 1. The zero-order chi connectivity index (χ0) is 14.6. The number of hydrogen-bond donors (Lipinski definition) is 1. The van der Waals surface area contributed by atoms with Crippen LogP contribution >= 0.6 is 0 Å². The Hall–Kier alpha value is -2.55. The molecule has 1 N–H and O–H groups in total. The second kappa shape index (κ2) is 4.22. The zero-order valence-electron chi connectivity index (χ0n) is 12.3. The average Bonchev–Trinajstić information content (AvgIpc) is 2.85. The topological polar surface area (TPSA) is 37.9 Å². The molecule has 0 unspecified atom stereocenters. The number of aryl methyl sites for hydroxylation is 2. The van der Waals surface area contributed by atoms with Crippen LogP contribution in [0.15, 0.2) is 36.4 Å². The first-order valence-electron chi connectivity index (χ1n) is 7.04. The highest BCUT2D eigenvalue weighted by molar-refractivity contribution is 6.12. The fourth-order valence-corrected chi connectivity index (χ4v) is 3.05. The third kappa shape index (κ3) is 1.70. The average molecular weight is 276 g/mol. The van der Waals surface area contributed by atoms with E-state index in [2.05, 4.69) is 43.1 Å². The Morgan fingerprint density at radius 3 is 2.67 bits per heavy atom. The van der Waals surface area contributed by atoms with Gasteiger partial charge in [-0.1, -0.05) is 11.6 Å². The quantitative estimate of drug-likeness (QED) is 0.556. The van der Waals surface area contributed by atoms with Crippen LogP contribution in [-0.2, 0) is 0 Å². The summed E-state index contributed by atoms with van der Waals surface area (Å²) in [7, 11) is 1.69. The summed E-state index contributed by atoms with van der Waals surface area (Å²) in [5.41, 5.74) is 5.58. The molecule has 21 heavy (non-hydrogen) atoms. The summed E-state index contributed by atoms with van der Waals surface area (Å²) in [5, 5.41) is 3.56. The Kier molecular flexibility index (Phi) is 2.45. The van der Waals surface area contributed by atoms with Gasteiger partial charge >= 0.3 is 0 Å². The van der Waals surface area contributed by atoms with Crippen molar-refractivity contribution in [2.75, 3.05) is 7.11 Å². The molecule has 3 nitrogen and oxygen atoms in total. The predicted octanol–water partition coefficient (Wildman–Crippen LogP) is 4.49. The third-order valence-corrected chi connectivity index (χ3v) is 4.15. The van der Waals surface area contributed by atoms with E-state index in [1.54, 1.807) is 7.11 Å². The van der Waals surface area contributed by atoms with Crippen LogP contribution in [0.2, 0.25) is 0 Å². The zero-order valence-corrected chi connectivity index (χ0v) is 12.3. The van der Waals surface area contributed by atoms with E-state index in [0.717, 1.165) is 27.8 Å². The standard InChI is InChI=1S/C18H16N2O/c1-10-4-6-15-13(8-10)11(2)17-14-9-12(21-3)5-7-16(14)20-18(17)19-15/h4-9H,1-3H3,(H,19,20). The van der Waals surface area contributed by atoms with E-state index in [1.165, 1.54) is 21.9 Å². The fourth-order valence-electron chi connectivity index (χ4n) is 3.05. The van der Waals surface area contributed by atoms with Crippen molar-refractivity contribution in [3.8, 4) is 5.75 Å². The van der Waals surface area contributed by atoms with Crippen LogP contribution in [0.4, 0.5) is 0 Å². The molecule has 2 aromatic carbocycles. The second-order valence-corrected chi connectivity index (χ2v) is 5.52. The molecule has 0 aliphatic rings. The summed E-state index contributed by atoms with van der Waals surface area (Å²) >= 11 is 0. The van der Waals surface area contributed by atoms with E-state index in [0.29, 0.717) is 0 Å². The van der Waals surface area contributed by atoms with Gasteiger partial charge in [0.05, 0.1) is 12.6 Å². The molecule has 2 aromatic heterocycles. The van der Waals surface area contributed by atoms with Gasteiger partial charge in [0, 0.05) is 21.7 Å². The van der Waals surface area contributed by atoms with Gasteiger partial charge in [-0.3, -0.25) is 0 Å². The van der Waals surface area contributed by atoms with Crippen molar-refractivity contribution in [3.63, 3.8) is 0 Å². The van der Waals surface area contributed by atoms with Crippen molar-refractivity contribution < 1.29 is 4.74 Å². The van der Waals surface area contributed by atoms with Crippen molar-refractivity contribution in [3.05, 3.63) is 47.5 Å². The van der Waals surface area contributed by atoms with E-state index in [4.69, 9.17) is 9.72 Å². The molecule has 2 heterocycles. The number of nitrogens with one attached hydrogen (secondary N) is 1. The summed E-state index contributed by atoms with van der Waals surface area (Å²) < 4.78 is 5.35. The van der Waals surface area contributed by atoms with Gasteiger partial charge in [0.25, 0.3) is 0 Å². The molecule has 0 saturated heterocycles. The van der Waals surface area contributed by atoms with Crippen LogP contribution in [0, 0.1) is 13.8 Å². The Balaban J connectivity index is 2.22. The number of aromatic nitrogens is 2. The molecule has 0 saturated carbocycles. The summed E-state index contributed by atoms with van der Waals surface area (Å²) in [4.78, 5) is 8.19. The molecule has 0 atom stereocenters. The molecule has 0 aliphatic heterocycles. The fraction of sp³-hybridized carbons (Fsp3) is 0.167. The summed E-state index contributed by atoms with van der Waals surface area (Å²) in [6.45, 7) is 4.28. The van der Waals surface area contributed by atoms with Crippen LogP contribution in [-0.4, -0.2) is 17.1 Å². The molecule has 104 valence electrons. The van der Waals surface area contributed by atoms with Crippen molar-refractivity contribution in [1.29, 1.82) is 0 Å². The number of rotatable bonds is 1. The Bertz CT molecular complexity index is 999. The first-order valence-corrected chi connectivity index (χ1v) is 7.04. The maximum atomic E-state index is 5.35. The minimum Gasteiger partial charge on any atom is -0.497 e. The number of ether oxygens (including phenoxy) is 1. The molecule has 0 spiro atoms.